The number of para-hydroxylation sites is 2. The Bertz CT molecular complexity index is 376. The molecular weight excluding hydrogens is 229 g/mol. The van der Waals surface area contributed by atoms with Crippen molar-refractivity contribution in [2.45, 2.75) is 19.0 Å². The second-order valence-corrected chi connectivity index (χ2v) is 4.15. The maximum absolute atomic E-state index is 12.2. The van der Waals surface area contributed by atoms with Crippen molar-refractivity contribution in [3.05, 3.63) is 24.3 Å². The number of hydrogen-bond acceptors (Lipinski definition) is 2. The van der Waals surface area contributed by atoms with E-state index in [4.69, 9.17) is 0 Å². The Morgan fingerprint density at radius 2 is 2.00 bits per heavy atom. The van der Waals surface area contributed by atoms with Gasteiger partial charge in [-0.15, -0.1) is 0 Å². The van der Waals surface area contributed by atoms with E-state index in [1.807, 2.05) is 29.2 Å². The number of halogens is 3. The molecule has 2 rings (SSSR count). The van der Waals surface area contributed by atoms with Crippen LogP contribution >= 0.6 is 0 Å². The topological polar surface area (TPSA) is 15.3 Å². The molecule has 0 aliphatic carbocycles. The smallest absolute Gasteiger partial charge is 0.383 e. The van der Waals surface area contributed by atoms with Gasteiger partial charge in [-0.3, -0.25) is 0 Å². The van der Waals surface area contributed by atoms with Crippen LogP contribution < -0.4 is 10.2 Å². The molecule has 0 atom stereocenters. The third-order valence-electron chi connectivity index (χ3n) is 2.83. The summed E-state index contributed by atoms with van der Waals surface area (Å²) >= 11 is 0. The van der Waals surface area contributed by atoms with Crippen molar-refractivity contribution in [1.29, 1.82) is 0 Å². The van der Waals surface area contributed by atoms with Crippen molar-refractivity contribution in [1.82, 2.24) is 0 Å². The van der Waals surface area contributed by atoms with Gasteiger partial charge in [0.25, 0.3) is 0 Å². The molecule has 0 spiro atoms. The number of anilines is 2. The quantitative estimate of drug-likeness (QED) is 0.859. The highest BCUT2D eigenvalue weighted by atomic mass is 19.4. The summed E-state index contributed by atoms with van der Waals surface area (Å²) in [5.74, 6) is 0. The van der Waals surface area contributed by atoms with E-state index in [0.717, 1.165) is 24.3 Å². The van der Waals surface area contributed by atoms with E-state index in [-0.39, 0.29) is 6.54 Å². The van der Waals surface area contributed by atoms with Gasteiger partial charge in [0, 0.05) is 19.6 Å². The molecule has 1 N–H and O–H groups in total. The molecule has 1 aliphatic rings. The van der Waals surface area contributed by atoms with Crippen LogP contribution in [0.4, 0.5) is 24.5 Å². The highest BCUT2D eigenvalue weighted by Crippen LogP contribution is 2.29. The first-order valence-corrected chi connectivity index (χ1v) is 5.71. The molecule has 5 heteroatoms. The van der Waals surface area contributed by atoms with E-state index < -0.39 is 12.6 Å². The lowest BCUT2D eigenvalue weighted by Gasteiger charge is -2.24. The average molecular weight is 244 g/mol. The maximum atomic E-state index is 12.2. The van der Waals surface area contributed by atoms with E-state index in [1.54, 1.807) is 0 Å². The summed E-state index contributed by atoms with van der Waals surface area (Å²) < 4.78 is 36.7. The first-order chi connectivity index (χ1) is 8.06. The van der Waals surface area contributed by atoms with Gasteiger partial charge >= 0.3 is 6.18 Å². The molecule has 0 aromatic heterocycles. The van der Waals surface area contributed by atoms with Crippen LogP contribution in [0.5, 0.6) is 0 Å². The molecule has 2 nitrogen and oxygen atoms in total. The van der Waals surface area contributed by atoms with E-state index >= 15 is 0 Å². The molecule has 0 unspecified atom stereocenters. The van der Waals surface area contributed by atoms with Gasteiger partial charge < -0.3 is 10.2 Å². The van der Waals surface area contributed by atoms with Crippen molar-refractivity contribution in [2.75, 3.05) is 29.9 Å². The van der Waals surface area contributed by atoms with E-state index in [0.29, 0.717) is 6.54 Å². The first-order valence-electron chi connectivity index (χ1n) is 5.71. The number of nitrogens with one attached hydrogen (secondary N) is 1. The van der Waals surface area contributed by atoms with Crippen molar-refractivity contribution in [3.63, 3.8) is 0 Å². The van der Waals surface area contributed by atoms with Gasteiger partial charge in [0.1, 0.15) is 0 Å². The fourth-order valence-electron chi connectivity index (χ4n) is 2.01. The summed E-state index contributed by atoms with van der Waals surface area (Å²) in [5, 5.41) is 3.23. The minimum Gasteiger partial charge on any atom is -0.383 e. The number of alkyl halides is 3. The molecule has 0 amide bonds. The standard InChI is InChI=1S/C12H15F3N2/c13-12(14,15)6-9-17-8-3-7-16-10-4-1-2-5-11(10)17/h1-2,4-5,16H,3,6-9H2. The third kappa shape index (κ3) is 3.28. The normalized spacial score (nSPS) is 16.1. The Morgan fingerprint density at radius 3 is 2.76 bits per heavy atom. The average Bonchev–Trinajstić information content (AvgIpc) is 2.47. The van der Waals surface area contributed by atoms with Crippen LogP contribution in [0.15, 0.2) is 24.3 Å². The molecule has 17 heavy (non-hydrogen) atoms. The number of rotatable bonds is 2. The van der Waals surface area contributed by atoms with Crippen LogP contribution in [0.25, 0.3) is 0 Å². The molecule has 1 aromatic rings. The Kier molecular flexibility index (Phi) is 3.45. The summed E-state index contributed by atoms with van der Waals surface area (Å²) in [6, 6.07) is 7.51. The Labute approximate surface area is 98.4 Å². The number of hydrogen-bond donors (Lipinski definition) is 1. The lowest BCUT2D eigenvalue weighted by molar-refractivity contribution is -0.132. The molecule has 0 fully saturated rings. The zero-order chi connectivity index (χ0) is 12.3. The molecule has 1 heterocycles. The zero-order valence-corrected chi connectivity index (χ0v) is 9.43. The molecule has 0 bridgehead atoms. The molecule has 0 radical (unpaired) electrons. The highest BCUT2D eigenvalue weighted by Gasteiger charge is 2.28. The van der Waals surface area contributed by atoms with Gasteiger partial charge in [0.2, 0.25) is 0 Å². The second kappa shape index (κ2) is 4.85. The molecule has 94 valence electrons. The summed E-state index contributed by atoms with van der Waals surface area (Å²) in [4.78, 5) is 1.81. The zero-order valence-electron chi connectivity index (χ0n) is 9.43. The summed E-state index contributed by atoms with van der Waals surface area (Å²) in [6.07, 6.45) is -4.00. The van der Waals surface area contributed by atoms with Crippen LogP contribution in [-0.4, -0.2) is 25.8 Å². The first kappa shape index (κ1) is 12.1. The highest BCUT2D eigenvalue weighted by molar-refractivity contribution is 5.70. The number of fused-ring (bicyclic) bond motifs is 1. The number of nitrogens with zero attached hydrogens (tertiary/aromatic N) is 1. The van der Waals surface area contributed by atoms with Crippen LogP contribution in [0.2, 0.25) is 0 Å². The van der Waals surface area contributed by atoms with Crippen LogP contribution in [-0.2, 0) is 0 Å². The molecular formula is C12H15F3N2. The van der Waals surface area contributed by atoms with Crippen LogP contribution in [0.1, 0.15) is 12.8 Å². The predicted molar refractivity (Wildman–Crippen MR) is 62.4 cm³/mol. The van der Waals surface area contributed by atoms with Crippen molar-refractivity contribution in [2.24, 2.45) is 0 Å². The van der Waals surface area contributed by atoms with E-state index in [2.05, 4.69) is 5.32 Å². The minimum absolute atomic E-state index is 0.0300. The minimum atomic E-state index is -4.09. The second-order valence-electron chi connectivity index (χ2n) is 4.15. The van der Waals surface area contributed by atoms with Gasteiger partial charge in [-0.25, -0.2) is 0 Å². The van der Waals surface area contributed by atoms with Crippen molar-refractivity contribution >= 4 is 11.4 Å². The van der Waals surface area contributed by atoms with Crippen molar-refractivity contribution < 1.29 is 13.2 Å². The largest absolute Gasteiger partial charge is 0.390 e. The van der Waals surface area contributed by atoms with Gasteiger partial charge in [-0.2, -0.15) is 13.2 Å². The lowest BCUT2D eigenvalue weighted by Crippen LogP contribution is -2.28. The fourth-order valence-corrected chi connectivity index (χ4v) is 2.01. The van der Waals surface area contributed by atoms with Gasteiger partial charge in [0.15, 0.2) is 0 Å². The Hall–Kier alpha value is -1.39. The molecule has 0 saturated heterocycles. The fraction of sp³-hybridized carbons (Fsp3) is 0.500. The van der Waals surface area contributed by atoms with Gasteiger partial charge in [-0.1, -0.05) is 12.1 Å². The molecule has 1 aromatic carbocycles. The SMILES string of the molecule is FC(F)(F)CCN1CCCNc2ccccc21. The number of benzene rings is 1. The lowest BCUT2D eigenvalue weighted by atomic mass is 10.2. The van der Waals surface area contributed by atoms with Crippen LogP contribution in [0, 0.1) is 0 Å². The third-order valence-corrected chi connectivity index (χ3v) is 2.83. The predicted octanol–water partition coefficient (Wildman–Crippen LogP) is 3.26. The van der Waals surface area contributed by atoms with E-state index in [1.165, 1.54) is 0 Å². The summed E-state index contributed by atoms with van der Waals surface area (Å²) in [5.41, 5.74) is 1.79. The van der Waals surface area contributed by atoms with Crippen molar-refractivity contribution in [3.8, 4) is 0 Å². The molecule has 1 aliphatic heterocycles. The Morgan fingerprint density at radius 1 is 1.24 bits per heavy atom. The van der Waals surface area contributed by atoms with Gasteiger partial charge in [0.05, 0.1) is 17.8 Å². The maximum Gasteiger partial charge on any atom is 0.390 e. The summed E-state index contributed by atoms with van der Waals surface area (Å²) in [7, 11) is 0. The summed E-state index contributed by atoms with van der Waals surface area (Å²) in [6.45, 7) is 1.50. The Balaban J connectivity index is 2.12. The van der Waals surface area contributed by atoms with Crippen LogP contribution in [0.3, 0.4) is 0 Å². The van der Waals surface area contributed by atoms with Gasteiger partial charge in [-0.05, 0) is 18.6 Å². The van der Waals surface area contributed by atoms with E-state index in [9.17, 15) is 13.2 Å². The molecule has 0 saturated carbocycles. The monoisotopic (exact) mass is 244 g/mol.